The molecule has 0 bridgehead atoms. The molecule has 6 N–H and O–H groups in total. The third-order valence-electron chi connectivity index (χ3n) is 7.60. The van der Waals surface area contributed by atoms with Crippen LogP contribution in [0.3, 0.4) is 0 Å². The van der Waals surface area contributed by atoms with E-state index in [9.17, 15) is 14.0 Å². The van der Waals surface area contributed by atoms with E-state index in [1.165, 1.54) is 12.1 Å². The van der Waals surface area contributed by atoms with E-state index in [4.69, 9.17) is 10.5 Å². The Kier molecular flexibility index (Phi) is 6.46. The predicted octanol–water partition coefficient (Wildman–Crippen LogP) is 3.09. The molecule has 1 saturated heterocycles. The Hall–Kier alpha value is -4.71. The highest BCUT2D eigenvalue weighted by Crippen LogP contribution is 2.39. The molecule has 2 aliphatic rings. The molecule has 2 amide bonds. The summed E-state index contributed by atoms with van der Waals surface area (Å²) in [6.07, 6.45) is 4.35. The summed E-state index contributed by atoms with van der Waals surface area (Å²) in [6, 6.07) is 9.76. The number of halogens is 1. The second-order valence-electron chi connectivity index (χ2n) is 10.0. The van der Waals surface area contributed by atoms with Crippen LogP contribution in [0.1, 0.15) is 28.8 Å². The number of amides is 2. The number of primary amides is 1. The number of anilines is 5. The zero-order valence-electron chi connectivity index (χ0n) is 22.2. The molecule has 2 aliphatic heterocycles. The van der Waals surface area contributed by atoms with Crippen LogP contribution in [0, 0.1) is 5.82 Å². The van der Waals surface area contributed by atoms with Gasteiger partial charge in [-0.1, -0.05) is 11.1 Å². The van der Waals surface area contributed by atoms with Crippen molar-refractivity contribution in [3.05, 3.63) is 59.5 Å². The molecule has 0 spiro atoms. The highest BCUT2D eigenvalue weighted by molar-refractivity contribution is 6.01. The summed E-state index contributed by atoms with van der Waals surface area (Å²) in [5, 5.41) is 7.02. The van der Waals surface area contributed by atoms with Crippen molar-refractivity contribution in [2.45, 2.75) is 25.3 Å². The molecule has 11 nitrogen and oxygen atoms in total. The molecule has 4 aromatic rings. The molecule has 0 aliphatic carbocycles. The number of rotatable bonds is 7. The summed E-state index contributed by atoms with van der Waals surface area (Å²) in [5.41, 5.74) is 8.52. The van der Waals surface area contributed by atoms with Crippen LogP contribution < -0.4 is 31.0 Å². The zero-order valence-corrected chi connectivity index (χ0v) is 22.2. The maximum Gasteiger partial charge on any atom is 0.351 e. The van der Waals surface area contributed by atoms with Gasteiger partial charge in [-0.05, 0) is 62.7 Å². The van der Waals surface area contributed by atoms with Crippen LogP contribution in [-0.2, 0) is 11.2 Å². The monoisotopic (exact) mass is 545 g/mol. The fraction of sp³-hybridized carbons (Fsp3) is 0.286. The number of fused-ring (bicyclic) bond motifs is 2. The smallest absolute Gasteiger partial charge is 0.351 e. The lowest BCUT2D eigenvalue weighted by atomic mass is 10.1. The second kappa shape index (κ2) is 10.1. The van der Waals surface area contributed by atoms with Crippen LogP contribution in [0.5, 0.6) is 5.75 Å². The third-order valence-corrected chi connectivity index (χ3v) is 7.60. The van der Waals surface area contributed by atoms with Gasteiger partial charge in [-0.15, -0.1) is 0 Å². The molecule has 12 heteroatoms. The van der Waals surface area contributed by atoms with E-state index >= 15 is 0 Å². The van der Waals surface area contributed by atoms with Crippen molar-refractivity contribution in [3.8, 4) is 5.75 Å². The van der Waals surface area contributed by atoms with Crippen molar-refractivity contribution >= 4 is 51.7 Å². The number of hydrogen-bond donors (Lipinski definition) is 4. The van der Waals surface area contributed by atoms with E-state index in [1.807, 2.05) is 24.1 Å². The van der Waals surface area contributed by atoms with E-state index < -0.39 is 11.7 Å². The average molecular weight is 546 g/mol. The van der Waals surface area contributed by atoms with Gasteiger partial charge < -0.3 is 20.7 Å². The first-order chi connectivity index (χ1) is 19.3. The number of likely N-dealkylation sites (N-methyl/N-ethyl adjacent to an activating group) is 1. The summed E-state index contributed by atoms with van der Waals surface area (Å²) in [4.78, 5) is 40.3. The van der Waals surface area contributed by atoms with E-state index in [1.54, 1.807) is 25.4 Å². The van der Waals surface area contributed by atoms with Gasteiger partial charge in [0.1, 0.15) is 11.5 Å². The number of nitrogens with one attached hydrogen (secondary N) is 4. The Morgan fingerprint density at radius 2 is 2.05 bits per heavy atom. The number of nitrogens with zero attached hydrogens (tertiary/aromatic N) is 3. The van der Waals surface area contributed by atoms with Crippen LogP contribution >= 0.6 is 0 Å². The number of aromatic amines is 2. The maximum absolute atomic E-state index is 14.4. The molecule has 0 radical (unpaired) electrons. The number of hydrogen-bond acceptors (Lipinski definition) is 7. The Bertz CT molecular complexity index is 1640. The van der Waals surface area contributed by atoms with E-state index in [0.29, 0.717) is 40.8 Å². The number of carbonyl (C=O) groups excluding carboxylic acids is 2. The van der Waals surface area contributed by atoms with Gasteiger partial charge in [0, 0.05) is 18.8 Å². The van der Waals surface area contributed by atoms with Crippen LogP contribution in [0.15, 0.2) is 42.6 Å². The number of carbonyl (C=O) groups is 2. The Balaban J connectivity index is 1.35. The van der Waals surface area contributed by atoms with Crippen LogP contribution in [0.4, 0.5) is 33.2 Å². The fourth-order valence-electron chi connectivity index (χ4n) is 5.59. The lowest BCUT2D eigenvalue weighted by Gasteiger charge is -2.25. The molecule has 2 aromatic carbocycles. The number of ether oxygens (including phenoxy) is 1. The molecule has 1 fully saturated rings. The predicted molar refractivity (Wildman–Crippen MR) is 149 cm³/mol. The SMILES string of the molecule is COc1cc2c(cc1Nc1nc(Nc3cccc(F)c3C(N)=O)c3cc[nH]c3[nH+]1)N(C(=O)[C@@H]1CCCN1C)CC2. The van der Waals surface area contributed by atoms with Gasteiger partial charge >= 0.3 is 5.95 Å². The molecular formula is C28H30FN8O3+. The topological polar surface area (TPSA) is 143 Å². The summed E-state index contributed by atoms with van der Waals surface area (Å²) >= 11 is 0. The first-order valence-electron chi connectivity index (χ1n) is 13.1. The van der Waals surface area contributed by atoms with E-state index in [0.717, 1.165) is 37.1 Å². The van der Waals surface area contributed by atoms with Crippen LogP contribution in [0.25, 0.3) is 11.0 Å². The molecule has 2 aromatic heterocycles. The molecule has 0 saturated carbocycles. The lowest BCUT2D eigenvalue weighted by molar-refractivity contribution is -0.333. The Labute approximate surface area is 229 Å². The molecule has 206 valence electrons. The Morgan fingerprint density at radius 1 is 1.20 bits per heavy atom. The van der Waals surface area contributed by atoms with Gasteiger partial charge in [0.05, 0.1) is 35.5 Å². The number of nitrogens with two attached hydrogens (primary N) is 1. The van der Waals surface area contributed by atoms with Gasteiger partial charge in [0.15, 0.2) is 5.75 Å². The van der Waals surface area contributed by atoms with Gasteiger partial charge in [-0.3, -0.25) is 24.8 Å². The first-order valence-corrected chi connectivity index (χ1v) is 13.1. The van der Waals surface area contributed by atoms with Crippen molar-refractivity contribution in [1.82, 2.24) is 14.9 Å². The number of benzene rings is 2. The van der Waals surface area contributed by atoms with E-state index in [2.05, 4.69) is 30.5 Å². The minimum Gasteiger partial charge on any atom is -0.493 e. The third kappa shape index (κ3) is 4.45. The Morgan fingerprint density at radius 3 is 2.80 bits per heavy atom. The van der Waals surface area contributed by atoms with Crippen molar-refractivity contribution in [2.24, 2.45) is 5.73 Å². The van der Waals surface area contributed by atoms with Gasteiger partial charge in [-0.25, -0.2) is 9.37 Å². The number of H-pyrrole nitrogens is 2. The van der Waals surface area contributed by atoms with Gasteiger partial charge in [-0.2, -0.15) is 0 Å². The standard InChI is InChI=1S/C28H29FN8O3/c1-36-11-4-7-20(36)27(39)37-12-9-15-13-22(40-2)19(14-21(15)37)33-28-34-25-16(8-10-31-25)26(35-28)32-18-6-3-5-17(29)23(18)24(30)38/h3,5-6,8,10,13-14,20H,4,7,9,11-12H2,1-2H3,(H2,30,38)(H3,31,32,33,34,35)/p+1/t20-/m0/s1. The molecule has 4 heterocycles. The average Bonchev–Trinajstić information content (AvgIpc) is 3.67. The molecule has 0 unspecified atom stereocenters. The van der Waals surface area contributed by atoms with Crippen LogP contribution in [-0.4, -0.2) is 60.0 Å². The summed E-state index contributed by atoms with van der Waals surface area (Å²) in [7, 11) is 3.58. The van der Waals surface area contributed by atoms with Crippen LogP contribution in [0.2, 0.25) is 0 Å². The summed E-state index contributed by atoms with van der Waals surface area (Å²) in [6.45, 7) is 1.54. The number of aromatic nitrogens is 3. The fourth-order valence-corrected chi connectivity index (χ4v) is 5.59. The quantitative estimate of drug-likeness (QED) is 0.280. The minimum absolute atomic E-state index is 0.110. The lowest BCUT2D eigenvalue weighted by Crippen LogP contribution is -2.43. The number of methoxy groups -OCH3 is 1. The minimum atomic E-state index is -0.891. The maximum atomic E-state index is 14.4. The highest BCUT2D eigenvalue weighted by atomic mass is 19.1. The van der Waals surface area contributed by atoms with E-state index in [-0.39, 0.29) is 23.2 Å². The normalized spacial score (nSPS) is 16.8. The summed E-state index contributed by atoms with van der Waals surface area (Å²) < 4.78 is 20.1. The van der Waals surface area contributed by atoms with Gasteiger partial charge in [0.2, 0.25) is 17.4 Å². The largest absolute Gasteiger partial charge is 0.493 e. The van der Waals surface area contributed by atoms with Crippen molar-refractivity contribution in [3.63, 3.8) is 0 Å². The van der Waals surface area contributed by atoms with Gasteiger partial charge in [0.25, 0.3) is 5.91 Å². The molecule has 40 heavy (non-hydrogen) atoms. The van der Waals surface area contributed by atoms with Crippen molar-refractivity contribution < 1.29 is 23.7 Å². The molecule has 1 atom stereocenters. The highest BCUT2D eigenvalue weighted by Gasteiger charge is 2.35. The number of likely N-dealkylation sites (tertiary alicyclic amines) is 1. The van der Waals surface area contributed by atoms with Crippen molar-refractivity contribution in [2.75, 3.05) is 42.8 Å². The summed E-state index contributed by atoms with van der Waals surface area (Å²) in [5.74, 6) is -0.194. The zero-order chi connectivity index (χ0) is 28.0. The second-order valence-corrected chi connectivity index (χ2v) is 10.0. The van der Waals surface area contributed by atoms with Crippen molar-refractivity contribution in [1.29, 1.82) is 0 Å². The molecule has 6 rings (SSSR count). The molecular weight excluding hydrogens is 515 g/mol. The first kappa shape index (κ1) is 25.6.